The fourth-order valence-electron chi connectivity index (χ4n) is 3.10. The molecule has 0 aliphatic heterocycles. The van der Waals surface area contributed by atoms with Crippen LogP contribution in [0.25, 0.3) is 16.9 Å². The highest BCUT2D eigenvalue weighted by Gasteiger charge is 2.16. The highest BCUT2D eigenvalue weighted by molar-refractivity contribution is 5.69. The molecule has 5 nitrogen and oxygen atoms in total. The van der Waals surface area contributed by atoms with Crippen LogP contribution in [0.1, 0.15) is 18.2 Å². The first-order valence-corrected chi connectivity index (χ1v) is 8.64. The third kappa shape index (κ3) is 3.05. The molecule has 1 aromatic carbocycles. The second kappa shape index (κ2) is 6.83. The molecule has 7 heteroatoms. The van der Waals surface area contributed by atoms with Gasteiger partial charge in [0.05, 0.1) is 23.1 Å². The minimum absolute atomic E-state index is 0.104. The number of nitrogens with zero attached hydrogens (tertiary/aromatic N) is 4. The molecule has 4 aromatic rings. The molecule has 3 heterocycles. The number of halogens is 2. The maximum Gasteiger partial charge on any atom is 0.180 e. The Labute approximate surface area is 154 Å². The lowest BCUT2D eigenvalue weighted by molar-refractivity contribution is 0.294. The number of ether oxygens (including phenoxy) is 1. The van der Waals surface area contributed by atoms with E-state index in [1.54, 1.807) is 12.3 Å². The van der Waals surface area contributed by atoms with Crippen molar-refractivity contribution in [3.63, 3.8) is 0 Å². The Morgan fingerprint density at radius 3 is 2.59 bits per heavy atom. The Balaban J connectivity index is 1.72. The number of rotatable bonds is 5. The average molecular weight is 368 g/mol. The van der Waals surface area contributed by atoms with Crippen molar-refractivity contribution in [1.82, 2.24) is 19.2 Å². The Bertz CT molecular complexity index is 1100. The minimum atomic E-state index is -0.630. The van der Waals surface area contributed by atoms with Gasteiger partial charge in [0, 0.05) is 24.5 Å². The summed E-state index contributed by atoms with van der Waals surface area (Å²) in [6.07, 6.45) is 5.63. The maximum absolute atomic E-state index is 13.8. The number of hydrogen-bond acceptors (Lipinski definition) is 3. The standard InChI is InChI=1S/C20H18F2N4O/c1-3-25-11-14(10-23-25)19-13(2)24-20-18(8-5-9-26(19)20)27-12-15-16(21)6-4-7-17(15)22/h4-11H,3,12H2,1-2H3. The second-order valence-corrected chi connectivity index (χ2v) is 6.19. The average Bonchev–Trinajstić information content (AvgIpc) is 3.24. The summed E-state index contributed by atoms with van der Waals surface area (Å²) < 4.78 is 37.1. The predicted molar refractivity (Wildman–Crippen MR) is 97.5 cm³/mol. The van der Waals surface area contributed by atoms with Gasteiger partial charge in [-0.2, -0.15) is 5.10 Å². The fourth-order valence-corrected chi connectivity index (χ4v) is 3.10. The molecule has 4 rings (SSSR count). The molecule has 0 fully saturated rings. The lowest BCUT2D eigenvalue weighted by atomic mass is 10.2. The third-order valence-electron chi connectivity index (χ3n) is 4.45. The number of aromatic nitrogens is 4. The van der Waals surface area contributed by atoms with Crippen LogP contribution in [0.5, 0.6) is 5.75 Å². The van der Waals surface area contributed by atoms with Gasteiger partial charge in [-0.25, -0.2) is 13.8 Å². The summed E-state index contributed by atoms with van der Waals surface area (Å²) in [7, 11) is 0. The van der Waals surface area contributed by atoms with Crippen LogP contribution >= 0.6 is 0 Å². The van der Waals surface area contributed by atoms with E-state index in [1.165, 1.54) is 18.2 Å². The van der Waals surface area contributed by atoms with Crippen LogP contribution in [0.2, 0.25) is 0 Å². The van der Waals surface area contributed by atoms with E-state index in [-0.39, 0.29) is 12.2 Å². The summed E-state index contributed by atoms with van der Waals surface area (Å²) in [6.45, 7) is 4.49. The van der Waals surface area contributed by atoms with Gasteiger partial charge in [-0.1, -0.05) is 6.07 Å². The van der Waals surface area contributed by atoms with Gasteiger partial charge in [0.2, 0.25) is 0 Å². The molecule has 0 spiro atoms. The number of benzene rings is 1. The zero-order valence-electron chi connectivity index (χ0n) is 15.0. The van der Waals surface area contributed by atoms with E-state index in [1.807, 2.05) is 41.4 Å². The predicted octanol–water partition coefficient (Wildman–Crippen LogP) is 4.38. The molecule has 0 unspecified atom stereocenters. The molecule has 138 valence electrons. The van der Waals surface area contributed by atoms with E-state index in [9.17, 15) is 8.78 Å². The molecule has 0 bridgehead atoms. The van der Waals surface area contributed by atoms with Gasteiger partial charge in [-0.3, -0.25) is 9.08 Å². The molecular weight excluding hydrogens is 350 g/mol. The van der Waals surface area contributed by atoms with Crippen molar-refractivity contribution in [2.24, 2.45) is 0 Å². The molecule has 0 saturated heterocycles. The van der Waals surface area contributed by atoms with E-state index in [0.29, 0.717) is 11.4 Å². The van der Waals surface area contributed by atoms with Gasteiger partial charge in [-0.05, 0) is 38.1 Å². The zero-order chi connectivity index (χ0) is 19.0. The maximum atomic E-state index is 13.8. The van der Waals surface area contributed by atoms with Crippen LogP contribution in [0, 0.1) is 18.6 Å². The fraction of sp³-hybridized carbons (Fsp3) is 0.200. The summed E-state index contributed by atoms with van der Waals surface area (Å²) >= 11 is 0. The third-order valence-corrected chi connectivity index (χ3v) is 4.45. The van der Waals surface area contributed by atoms with E-state index in [2.05, 4.69) is 10.1 Å². The highest BCUT2D eigenvalue weighted by atomic mass is 19.1. The van der Waals surface area contributed by atoms with Crippen LogP contribution in [-0.4, -0.2) is 19.2 Å². The topological polar surface area (TPSA) is 44.4 Å². The van der Waals surface area contributed by atoms with E-state index >= 15 is 0 Å². The molecule has 0 atom stereocenters. The first-order valence-electron chi connectivity index (χ1n) is 8.64. The molecule has 0 saturated carbocycles. The van der Waals surface area contributed by atoms with Crippen molar-refractivity contribution in [3.8, 4) is 17.0 Å². The quantitative estimate of drug-likeness (QED) is 0.525. The molecule has 0 N–H and O–H groups in total. The molecule has 27 heavy (non-hydrogen) atoms. The molecule has 0 aliphatic rings. The number of hydrogen-bond donors (Lipinski definition) is 0. The van der Waals surface area contributed by atoms with Crippen molar-refractivity contribution in [2.45, 2.75) is 27.0 Å². The van der Waals surface area contributed by atoms with Crippen LogP contribution in [0.3, 0.4) is 0 Å². The molecule has 0 radical (unpaired) electrons. The van der Waals surface area contributed by atoms with Gasteiger partial charge in [-0.15, -0.1) is 0 Å². The van der Waals surface area contributed by atoms with Gasteiger partial charge >= 0.3 is 0 Å². The lowest BCUT2D eigenvalue weighted by Gasteiger charge is -2.09. The SMILES string of the molecule is CCn1cc(-c2c(C)nc3c(OCc4c(F)cccc4F)cccn23)cn1. The van der Waals surface area contributed by atoms with Crippen molar-refractivity contribution in [1.29, 1.82) is 0 Å². The smallest absolute Gasteiger partial charge is 0.180 e. The number of fused-ring (bicyclic) bond motifs is 1. The second-order valence-electron chi connectivity index (χ2n) is 6.19. The van der Waals surface area contributed by atoms with Crippen LogP contribution < -0.4 is 4.74 Å². The number of imidazole rings is 1. The first kappa shape index (κ1) is 17.2. The Morgan fingerprint density at radius 2 is 1.89 bits per heavy atom. The first-order chi connectivity index (χ1) is 13.1. The molecule has 0 aliphatic carbocycles. The van der Waals surface area contributed by atoms with Crippen LogP contribution in [0.15, 0.2) is 48.9 Å². The van der Waals surface area contributed by atoms with Gasteiger partial charge in [0.1, 0.15) is 18.2 Å². The van der Waals surface area contributed by atoms with E-state index < -0.39 is 11.6 Å². The zero-order valence-corrected chi connectivity index (χ0v) is 15.0. The summed E-state index contributed by atoms with van der Waals surface area (Å²) in [6, 6.07) is 7.31. The van der Waals surface area contributed by atoms with Crippen molar-refractivity contribution < 1.29 is 13.5 Å². The highest BCUT2D eigenvalue weighted by Crippen LogP contribution is 2.29. The number of pyridine rings is 1. The minimum Gasteiger partial charge on any atom is -0.485 e. The normalized spacial score (nSPS) is 11.3. The van der Waals surface area contributed by atoms with Crippen LogP contribution in [-0.2, 0) is 13.2 Å². The van der Waals surface area contributed by atoms with Gasteiger partial charge in [0.25, 0.3) is 0 Å². The van der Waals surface area contributed by atoms with Crippen molar-refractivity contribution in [3.05, 3.63) is 71.8 Å². The Hall–Kier alpha value is -3.22. The summed E-state index contributed by atoms with van der Waals surface area (Å²) in [5, 5.41) is 4.32. The van der Waals surface area contributed by atoms with Gasteiger partial charge < -0.3 is 4.74 Å². The Kier molecular flexibility index (Phi) is 4.35. The molecule has 3 aromatic heterocycles. The monoisotopic (exact) mass is 368 g/mol. The van der Waals surface area contributed by atoms with Crippen molar-refractivity contribution >= 4 is 5.65 Å². The Morgan fingerprint density at radius 1 is 1.11 bits per heavy atom. The molecular formula is C20H18F2N4O. The van der Waals surface area contributed by atoms with E-state index in [0.717, 1.165) is 23.5 Å². The van der Waals surface area contributed by atoms with Crippen molar-refractivity contribution in [2.75, 3.05) is 0 Å². The van der Waals surface area contributed by atoms with Gasteiger partial charge in [0.15, 0.2) is 11.4 Å². The molecule has 0 amide bonds. The van der Waals surface area contributed by atoms with E-state index in [4.69, 9.17) is 4.74 Å². The summed E-state index contributed by atoms with van der Waals surface area (Å²) in [4.78, 5) is 4.60. The number of aryl methyl sites for hydroxylation is 2. The van der Waals surface area contributed by atoms with Crippen LogP contribution in [0.4, 0.5) is 8.78 Å². The largest absolute Gasteiger partial charge is 0.485 e. The summed E-state index contributed by atoms with van der Waals surface area (Å²) in [5.41, 5.74) is 3.16. The summed E-state index contributed by atoms with van der Waals surface area (Å²) in [5.74, 6) is -0.805. The lowest BCUT2D eigenvalue weighted by Crippen LogP contribution is -2.03.